The quantitative estimate of drug-likeness (QED) is 0.796. The number of rotatable bonds is 6. The third-order valence-electron chi connectivity index (χ3n) is 3.07. The van der Waals surface area contributed by atoms with E-state index in [0.29, 0.717) is 24.4 Å². The van der Waals surface area contributed by atoms with E-state index < -0.39 is 0 Å². The molecule has 0 unspecified atom stereocenters. The summed E-state index contributed by atoms with van der Waals surface area (Å²) in [6.07, 6.45) is 0. The number of nitrogens with one attached hydrogen (secondary N) is 2. The Labute approximate surface area is 123 Å². The molecular weight excluding hydrogens is 270 g/mol. The third kappa shape index (κ3) is 3.75. The molecule has 112 valence electrons. The van der Waals surface area contributed by atoms with Gasteiger partial charge < -0.3 is 14.8 Å². The van der Waals surface area contributed by atoms with Crippen molar-refractivity contribution >= 4 is 5.91 Å². The van der Waals surface area contributed by atoms with Crippen molar-refractivity contribution in [3.8, 4) is 11.5 Å². The van der Waals surface area contributed by atoms with E-state index in [-0.39, 0.29) is 5.91 Å². The number of methoxy groups -OCH3 is 1. The molecule has 1 aromatic carbocycles. The van der Waals surface area contributed by atoms with Crippen LogP contribution in [-0.2, 0) is 0 Å². The van der Waals surface area contributed by atoms with Gasteiger partial charge in [-0.3, -0.25) is 9.89 Å². The van der Waals surface area contributed by atoms with Crippen LogP contribution in [0.4, 0.5) is 0 Å². The number of amides is 1. The van der Waals surface area contributed by atoms with Crippen molar-refractivity contribution in [3.63, 3.8) is 0 Å². The molecule has 0 spiro atoms. The molecule has 0 bridgehead atoms. The Balaban J connectivity index is 1.78. The summed E-state index contributed by atoms with van der Waals surface area (Å²) < 4.78 is 10.6. The van der Waals surface area contributed by atoms with Gasteiger partial charge in [0.25, 0.3) is 5.91 Å². The Morgan fingerprint density at radius 1 is 1.24 bits per heavy atom. The predicted octanol–water partition coefficient (Wildman–Crippen LogP) is 1.84. The highest BCUT2D eigenvalue weighted by molar-refractivity contribution is 5.96. The Morgan fingerprint density at radius 3 is 2.48 bits per heavy atom. The Kier molecular flexibility index (Phi) is 4.81. The molecule has 0 aliphatic heterocycles. The first-order valence-corrected chi connectivity index (χ1v) is 6.68. The fourth-order valence-electron chi connectivity index (χ4n) is 1.98. The van der Waals surface area contributed by atoms with E-state index in [4.69, 9.17) is 9.47 Å². The van der Waals surface area contributed by atoms with Gasteiger partial charge in [-0.1, -0.05) is 0 Å². The fourth-order valence-corrected chi connectivity index (χ4v) is 1.98. The molecule has 6 nitrogen and oxygen atoms in total. The minimum atomic E-state index is -0.142. The van der Waals surface area contributed by atoms with Crippen LogP contribution in [0.1, 0.15) is 21.7 Å². The molecule has 0 radical (unpaired) electrons. The number of ether oxygens (including phenoxy) is 2. The summed E-state index contributed by atoms with van der Waals surface area (Å²) in [5.41, 5.74) is 2.06. The van der Waals surface area contributed by atoms with Crippen LogP contribution in [0.3, 0.4) is 0 Å². The highest BCUT2D eigenvalue weighted by atomic mass is 16.5. The Morgan fingerprint density at radius 2 is 1.90 bits per heavy atom. The van der Waals surface area contributed by atoms with Crippen molar-refractivity contribution in [1.82, 2.24) is 15.5 Å². The van der Waals surface area contributed by atoms with E-state index >= 15 is 0 Å². The van der Waals surface area contributed by atoms with E-state index in [0.717, 1.165) is 17.2 Å². The van der Waals surface area contributed by atoms with Crippen LogP contribution in [0.5, 0.6) is 11.5 Å². The number of hydrogen-bond acceptors (Lipinski definition) is 4. The molecule has 6 heteroatoms. The second-order valence-electron chi connectivity index (χ2n) is 4.59. The zero-order valence-corrected chi connectivity index (χ0v) is 12.4. The van der Waals surface area contributed by atoms with Gasteiger partial charge in [-0.15, -0.1) is 0 Å². The molecule has 0 saturated carbocycles. The molecule has 2 rings (SSSR count). The minimum absolute atomic E-state index is 0.142. The van der Waals surface area contributed by atoms with Gasteiger partial charge in [-0.05, 0) is 38.1 Å². The average Bonchev–Trinajstić information content (AvgIpc) is 2.83. The number of benzene rings is 1. The zero-order valence-electron chi connectivity index (χ0n) is 12.4. The number of H-pyrrole nitrogens is 1. The standard InChI is InChI=1S/C15H19N3O3/c1-10-14(11(2)18-17-10)15(19)16-8-9-21-13-6-4-12(20-3)5-7-13/h4-7H,8-9H2,1-3H3,(H,16,19)(H,17,18). The van der Waals surface area contributed by atoms with Gasteiger partial charge in [0, 0.05) is 5.69 Å². The summed E-state index contributed by atoms with van der Waals surface area (Å²) in [7, 11) is 1.62. The first-order valence-electron chi connectivity index (χ1n) is 6.68. The van der Waals surface area contributed by atoms with Gasteiger partial charge in [0.2, 0.25) is 0 Å². The second kappa shape index (κ2) is 6.78. The third-order valence-corrected chi connectivity index (χ3v) is 3.07. The molecule has 1 amide bonds. The number of hydrogen-bond donors (Lipinski definition) is 2. The smallest absolute Gasteiger partial charge is 0.255 e. The zero-order chi connectivity index (χ0) is 15.2. The summed E-state index contributed by atoms with van der Waals surface area (Å²) in [5.74, 6) is 1.37. The molecule has 0 aliphatic rings. The maximum Gasteiger partial charge on any atom is 0.255 e. The minimum Gasteiger partial charge on any atom is -0.497 e. The van der Waals surface area contributed by atoms with E-state index in [1.165, 1.54) is 0 Å². The van der Waals surface area contributed by atoms with E-state index in [1.54, 1.807) is 14.0 Å². The lowest BCUT2D eigenvalue weighted by Gasteiger charge is -2.08. The molecule has 1 aromatic heterocycles. The highest BCUT2D eigenvalue weighted by Gasteiger charge is 2.14. The number of aryl methyl sites for hydroxylation is 2. The number of aromatic amines is 1. The lowest BCUT2D eigenvalue weighted by Crippen LogP contribution is -2.28. The molecule has 0 atom stereocenters. The first kappa shape index (κ1) is 14.9. The summed E-state index contributed by atoms with van der Waals surface area (Å²) >= 11 is 0. The van der Waals surface area contributed by atoms with Crippen molar-refractivity contribution in [3.05, 3.63) is 41.2 Å². The largest absolute Gasteiger partial charge is 0.497 e. The van der Waals surface area contributed by atoms with Crippen molar-refractivity contribution in [2.75, 3.05) is 20.3 Å². The van der Waals surface area contributed by atoms with Crippen LogP contribution in [-0.4, -0.2) is 36.4 Å². The van der Waals surface area contributed by atoms with Gasteiger partial charge in [0.15, 0.2) is 0 Å². The fraction of sp³-hybridized carbons (Fsp3) is 0.333. The molecule has 2 N–H and O–H groups in total. The number of aromatic nitrogens is 2. The molecule has 0 saturated heterocycles. The topological polar surface area (TPSA) is 76.2 Å². The van der Waals surface area contributed by atoms with E-state index in [9.17, 15) is 4.79 Å². The predicted molar refractivity (Wildman–Crippen MR) is 78.9 cm³/mol. The van der Waals surface area contributed by atoms with Gasteiger partial charge >= 0.3 is 0 Å². The van der Waals surface area contributed by atoms with Crippen LogP contribution in [0.2, 0.25) is 0 Å². The second-order valence-corrected chi connectivity index (χ2v) is 4.59. The van der Waals surface area contributed by atoms with E-state index in [2.05, 4.69) is 15.5 Å². The lowest BCUT2D eigenvalue weighted by molar-refractivity contribution is 0.0946. The van der Waals surface area contributed by atoms with Crippen molar-refractivity contribution in [2.45, 2.75) is 13.8 Å². The summed E-state index contributed by atoms with van der Waals surface area (Å²) in [6.45, 7) is 4.44. The molecule has 0 fully saturated rings. The van der Waals surface area contributed by atoms with Crippen LogP contribution < -0.4 is 14.8 Å². The molecule has 0 aliphatic carbocycles. The molecule has 21 heavy (non-hydrogen) atoms. The van der Waals surface area contributed by atoms with Crippen molar-refractivity contribution in [2.24, 2.45) is 0 Å². The van der Waals surface area contributed by atoms with Crippen LogP contribution in [0, 0.1) is 13.8 Å². The average molecular weight is 289 g/mol. The van der Waals surface area contributed by atoms with Gasteiger partial charge in [-0.2, -0.15) is 5.10 Å². The highest BCUT2D eigenvalue weighted by Crippen LogP contribution is 2.16. The number of nitrogens with zero attached hydrogens (tertiary/aromatic N) is 1. The van der Waals surface area contributed by atoms with Gasteiger partial charge in [0.1, 0.15) is 18.1 Å². The molecule has 2 aromatic rings. The van der Waals surface area contributed by atoms with E-state index in [1.807, 2.05) is 31.2 Å². The van der Waals surface area contributed by atoms with Gasteiger partial charge in [-0.25, -0.2) is 0 Å². The SMILES string of the molecule is COc1ccc(OCCNC(=O)c2c(C)n[nH]c2C)cc1. The van der Waals surface area contributed by atoms with Crippen LogP contribution in [0.25, 0.3) is 0 Å². The number of carbonyl (C=O) groups excluding carboxylic acids is 1. The van der Waals surface area contributed by atoms with Gasteiger partial charge in [0.05, 0.1) is 24.9 Å². The Bertz CT molecular complexity index is 586. The lowest BCUT2D eigenvalue weighted by atomic mass is 10.2. The monoisotopic (exact) mass is 289 g/mol. The van der Waals surface area contributed by atoms with Crippen LogP contribution >= 0.6 is 0 Å². The maximum absolute atomic E-state index is 12.0. The summed E-state index contributed by atoms with van der Waals surface area (Å²) in [5, 5.41) is 9.60. The maximum atomic E-state index is 12.0. The first-order chi connectivity index (χ1) is 10.1. The normalized spacial score (nSPS) is 10.2. The van der Waals surface area contributed by atoms with Crippen molar-refractivity contribution in [1.29, 1.82) is 0 Å². The van der Waals surface area contributed by atoms with Crippen LogP contribution in [0.15, 0.2) is 24.3 Å². The molecular formula is C15H19N3O3. The summed E-state index contributed by atoms with van der Waals surface area (Å²) in [4.78, 5) is 12.0. The van der Waals surface area contributed by atoms with Crippen molar-refractivity contribution < 1.29 is 14.3 Å². The summed E-state index contributed by atoms with van der Waals surface area (Å²) in [6, 6.07) is 7.30. The number of carbonyl (C=O) groups is 1. The Hall–Kier alpha value is -2.50. The molecule has 1 heterocycles.